The van der Waals surface area contributed by atoms with Crippen LogP contribution < -0.4 is 10.0 Å². The number of nitrogens with zero attached hydrogens (tertiary/aromatic N) is 3. The average molecular weight is 461 g/mol. The molecule has 0 bridgehead atoms. The van der Waals surface area contributed by atoms with Crippen molar-refractivity contribution in [3.63, 3.8) is 0 Å². The second-order valence-electron chi connectivity index (χ2n) is 8.50. The summed E-state index contributed by atoms with van der Waals surface area (Å²) < 4.78 is 23.7. The number of hydrogen-bond donors (Lipinski definition) is 3. The molecule has 1 heterocycles. The van der Waals surface area contributed by atoms with Crippen molar-refractivity contribution in [1.82, 2.24) is 9.62 Å². The van der Waals surface area contributed by atoms with Crippen molar-refractivity contribution in [3.05, 3.63) is 51.7 Å². The van der Waals surface area contributed by atoms with E-state index < -0.39 is 17.2 Å². The first-order valence-electron chi connectivity index (χ1n) is 9.94. The van der Waals surface area contributed by atoms with Gasteiger partial charge in [0, 0.05) is 14.1 Å². The molecule has 0 spiro atoms. The molecule has 2 rings (SSSR count). The average Bonchev–Trinajstić information content (AvgIpc) is 3.14. The van der Waals surface area contributed by atoms with Crippen molar-refractivity contribution in [2.45, 2.75) is 33.7 Å². The van der Waals surface area contributed by atoms with Crippen molar-refractivity contribution >= 4 is 28.6 Å². The van der Waals surface area contributed by atoms with Crippen molar-refractivity contribution in [3.8, 4) is 12.3 Å². The molecular formula is C22H30N5O4S+. The van der Waals surface area contributed by atoms with Crippen LogP contribution in [0.25, 0.3) is 4.25 Å². The molecule has 2 aromatic rings. The summed E-state index contributed by atoms with van der Waals surface area (Å²) in [6, 6.07) is 8.12. The zero-order valence-corrected chi connectivity index (χ0v) is 20.0. The Kier molecular flexibility index (Phi) is 8.05. The first-order chi connectivity index (χ1) is 14.9. The second kappa shape index (κ2) is 10.3. The molecule has 0 saturated heterocycles. The number of hydrogen-bond acceptors (Lipinski definition) is 6. The minimum absolute atomic E-state index is 0.0562. The molecule has 0 radical (unpaired) electrons. The van der Waals surface area contributed by atoms with E-state index in [-0.39, 0.29) is 35.0 Å². The molecule has 2 atom stereocenters. The Morgan fingerprint density at radius 2 is 2.00 bits per heavy atom. The number of benzene rings is 1. The van der Waals surface area contributed by atoms with Crippen molar-refractivity contribution < 1.29 is 18.5 Å². The zero-order valence-electron chi connectivity index (χ0n) is 19.2. The Balaban J connectivity index is 2.38. The number of phenols is 1. The molecular weight excluding hydrogens is 430 g/mol. The predicted molar refractivity (Wildman–Crippen MR) is 127 cm³/mol. The van der Waals surface area contributed by atoms with Crippen LogP contribution in [0, 0.1) is 18.9 Å². The lowest BCUT2D eigenvalue weighted by atomic mass is 9.85. The number of amidine groups is 1. The quantitative estimate of drug-likeness (QED) is 0.331. The highest BCUT2D eigenvalue weighted by Gasteiger charge is 2.30. The van der Waals surface area contributed by atoms with Gasteiger partial charge in [0.25, 0.3) is 12.5 Å². The normalized spacial score (nSPS) is 13.7. The number of carbonyl (C=O) groups excluding carboxylic acids is 1. The van der Waals surface area contributed by atoms with E-state index in [4.69, 9.17) is 16.0 Å². The molecule has 32 heavy (non-hydrogen) atoms. The van der Waals surface area contributed by atoms with Gasteiger partial charge in [-0.05, 0) is 36.6 Å². The SMILES string of the molecule is C#[N+]S(=O)NC(CNc1cccc(C(=O)N(C)C)c1O)=N[C@@H](c1ccc(C)o1)C(C)(C)C. The molecule has 3 N–H and O–H groups in total. The Morgan fingerprint density at radius 1 is 1.31 bits per heavy atom. The molecule has 1 amide bonds. The molecule has 0 aliphatic carbocycles. The van der Waals surface area contributed by atoms with Gasteiger partial charge < -0.3 is 19.7 Å². The number of amides is 1. The number of aryl methyl sites for hydroxylation is 1. The molecule has 0 aliphatic heterocycles. The first-order valence-corrected chi connectivity index (χ1v) is 11.0. The van der Waals surface area contributed by atoms with Crippen LogP contribution in [0.3, 0.4) is 0 Å². The van der Waals surface area contributed by atoms with Crippen molar-refractivity contribution in [1.29, 1.82) is 0 Å². The molecule has 1 aromatic carbocycles. The van der Waals surface area contributed by atoms with E-state index in [9.17, 15) is 14.1 Å². The van der Waals surface area contributed by atoms with E-state index in [0.29, 0.717) is 11.4 Å². The number of carbonyl (C=O) groups is 1. The van der Waals surface area contributed by atoms with Gasteiger partial charge in [0.05, 0.1) is 22.0 Å². The fourth-order valence-corrected chi connectivity index (χ4v) is 3.33. The molecule has 0 fully saturated rings. The lowest BCUT2D eigenvalue weighted by Gasteiger charge is -2.26. The van der Waals surface area contributed by atoms with Gasteiger partial charge in [-0.15, -0.1) is 4.21 Å². The van der Waals surface area contributed by atoms with Gasteiger partial charge in [-0.1, -0.05) is 26.8 Å². The summed E-state index contributed by atoms with van der Waals surface area (Å²) in [4.78, 5) is 18.4. The summed E-state index contributed by atoms with van der Waals surface area (Å²) in [6.07, 6.45) is 0. The molecule has 10 heteroatoms. The van der Waals surface area contributed by atoms with E-state index in [1.807, 2.05) is 39.8 Å². The van der Waals surface area contributed by atoms with E-state index in [1.165, 1.54) is 11.0 Å². The Morgan fingerprint density at radius 3 is 2.53 bits per heavy atom. The minimum atomic E-state index is -1.90. The van der Waals surface area contributed by atoms with Crippen LogP contribution in [-0.4, -0.2) is 46.6 Å². The summed E-state index contributed by atoms with van der Waals surface area (Å²) >= 11 is -1.90. The summed E-state index contributed by atoms with van der Waals surface area (Å²) in [5.74, 6) is 1.18. The number of phenolic OH excluding ortho intramolecular Hbond substituents is 1. The van der Waals surface area contributed by atoms with E-state index >= 15 is 0 Å². The van der Waals surface area contributed by atoms with Gasteiger partial charge in [0.1, 0.15) is 23.4 Å². The third kappa shape index (κ3) is 6.34. The first kappa shape index (κ1) is 24.9. The summed E-state index contributed by atoms with van der Waals surface area (Å²) in [5.41, 5.74) is 0.160. The Bertz CT molecular complexity index is 1060. The molecule has 9 nitrogen and oxygen atoms in total. The smallest absolute Gasteiger partial charge is 0.505 e. The predicted octanol–water partition coefficient (Wildman–Crippen LogP) is 3.72. The van der Waals surface area contributed by atoms with Crippen molar-refractivity contribution in [2.24, 2.45) is 10.4 Å². The van der Waals surface area contributed by atoms with Crippen LogP contribution in [0.2, 0.25) is 0 Å². The number of rotatable bonds is 7. The number of anilines is 1. The third-order valence-corrected chi connectivity index (χ3v) is 5.16. The van der Waals surface area contributed by atoms with Gasteiger partial charge in [-0.25, -0.2) is 4.72 Å². The zero-order chi connectivity index (χ0) is 24.1. The number of furan rings is 1. The number of nitrogens with one attached hydrogen (secondary N) is 2. The van der Waals surface area contributed by atoms with Gasteiger partial charge in [0.15, 0.2) is 5.75 Å². The van der Waals surface area contributed by atoms with Crippen LogP contribution in [-0.2, 0) is 11.2 Å². The molecule has 172 valence electrons. The lowest BCUT2D eigenvalue weighted by Crippen LogP contribution is -2.32. The molecule has 0 aliphatic rings. The van der Waals surface area contributed by atoms with Crippen LogP contribution >= 0.6 is 0 Å². The number of aliphatic imine (C=N–C) groups is 1. The van der Waals surface area contributed by atoms with Gasteiger partial charge in [-0.2, -0.15) is 0 Å². The molecule has 0 saturated carbocycles. The van der Waals surface area contributed by atoms with Crippen LogP contribution in [0.1, 0.15) is 48.7 Å². The topological polar surface area (TPSA) is 112 Å². The van der Waals surface area contributed by atoms with E-state index in [1.54, 1.807) is 26.2 Å². The molecule has 1 unspecified atom stereocenters. The highest BCUT2D eigenvalue weighted by atomic mass is 32.2. The summed E-state index contributed by atoms with van der Waals surface area (Å²) in [5, 5.41) is 13.6. The monoisotopic (exact) mass is 460 g/mol. The van der Waals surface area contributed by atoms with Crippen LogP contribution in [0.4, 0.5) is 5.69 Å². The standard InChI is InChI=1S/C22H29N5O4S/c1-14-11-12-17(31-14)20(22(2,3)4)25-18(26-32(30)23-5)13-24-16-10-8-9-15(19(16)28)21(29)27(6)7/h5,8-12,20,24H,13H2,1-4,6-7H3,(H-,25,26,28,29)/p+1/t20-,32?/m0/s1. The van der Waals surface area contributed by atoms with E-state index in [2.05, 4.69) is 14.3 Å². The van der Waals surface area contributed by atoms with Crippen LogP contribution in [0.5, 0.6) is 5.75 Å². The largest absolute Gasteiger partial charge is 0.528 e. The Labute approximate surface area is 191 Å². The van der Waals surface area contributed by atoms with E-state index in [0.717, 1.165) is 5.76 Å². The molecule has 1 aromatic heterocycles. The van der Waals surface area contributed by atoms with Crippen LogP contribution in [0.15, 0.2) is 39.7 Å². The number of aromatic hydroxyl groups is 1. The Hall–Kier alpha value is -3.32. The third-order valence-electron chi connectivity index (χ3n) is 4.56. The maximum absolute atomic E-state index is 12.3. The fourth-order valence-electron chi connectivity index (χ4n) is 2.95. The van der Waals surface area contributed by atoms with Crippen molar-refractivity contribution in [2.75, 3.05) is 26.0 Å². The highest BCUT2D eigenvalue weighted by molar-refractivity contribution is 7.85. The minimum Gasteiger partial charge on any atom is -0.505 e. The maximum Gasteiger partial charge on any atom is 0.528 e. The lowest BCUT2D eigenvalue weighted by molar-refractivity contribution is 0.0824. The number of para-hydroxylation sites is 1. The maximum atomic E-state index is 12.3. The fraction of sp³-hybridized carbons (Fsp3) is 0.409. The van der Waals surface area contributed by atoms with Gasteiger partial charge in [0.2, 0.25) is 0 Å². The van der Waals surface area contributed by atoms with Gasteiger partial charge in [-0.3, -0.25) is 9.79 Å². The second-order valence-corrected chi connectivity index (χ2v) is 9.42. The summed E-state index contributed by atoms with van der Waals surface area (Å²) in [6.45, 7) is 13.1. The van der Waals surface area contributed by atoms with Gasteiger partial charge >= 0.3 is 11.2 Å². The highest BCUT2D eigenvalue weighted by Crippen LogP contribution is 2.37. The summed E-state index contributed by atoms with van der Waals surface area (Å²) in [7, 11) is 3.20.